The first-order valence-electron chi connectivity index (χ1n) is 6.81. The number of carbonyl (C=O) groups excluding carboxylic acids is 1. The van der Waals surface area contributed by atoms with E-state index >= 15 is 0 Å². The molecule has 0 spiro atoms. The monoisotopic (exact) mass is 293 g/mol. The minimum absolute atomic E-state index is 0.0972. The third-order valence-corrected chi connectivity index (χ3v) is 3.84. The number of carboxylic acids is 1. The van der Waals surface area contributed by atoms with Gasteiger partial charge in [0.1, 0.15) is 5.76 Å². The Balaban J connectivity index is 1.76. The third-order valence-electron chi connectivity index (χ3n) is 3.84. The number of aromatic carboxylic acids is 1. The fourth-order valence-corrected chi connectivity index (χ4v) is 2.87. The summed E-state index contributed by atoms with van der Waals surface area (Å²) in [6.07, 6.45) is 0. The van der Waals surface area contributed by atoms with Gasteiger partial charge in [0.05, 0.1) is 12.2 Å². The van der Waals surface area contributed by atoms with Crippen LogP contribution in [0.5, 0.6) is 0 Å². The zero-order valence-electron chi connectivity index (χ0n) is 11.4. The SMILES string of the molecule is O=C(O)c1ccc(CN2C(=O)c3cccc4cccc2c34)o1. The minimum atomic E-state index is -1.12. The molecule has 1 N–H and O–H groups in total. The summed E-state index contributed by atoms with van der Waals surface area (Å²) in [6, 6.07) is 14.4. The third kappa shape index (κ3) is 1.72. The first-order chi connectivity index (χ1) is 10.6. The van der Waals surface area contributed by atoms with Gasteiger partial charge in [0.25, 0.3) is 5.91 Å². The van der Waals surface area contributed by atoms with Crippen LogP contribution in [-0.2, 0) is 6.54 Å². The van der Waals surface area contributed by atoms with Gasteiger partial charge in [-0.15, -0.1) is 0 Å². The van der Waals surface area contributed by atoms with E-state index in [-0.39, 0.29) is 18.2 Å². The molecule has 22 heavy (non-hydrogen) atoms. The van der Waals surface area contributed by atoms with E-state index in [1.165, 1.54) is 6.07 Å². The van der Waals surface area contributed by atoms with E-state index in [0.717, 1.165) is 16.5 Å². The molecule has 1 aliphatic heterocycles. The molecule has 0 aliphatic carbocycles. The number of hydrogen-bond donors (Lipinski definition) is 1. The largest absolute Gasteiger partial charge is 0.475 e. The molecule has 2 aromatic carbocycles. The molecule has 0 radical (unpaired) electrons. The molecular formula is C17H11NO4. The zero-order valence-corrected chi connectivity index (χ0v) is 11.4. The number of rotatable bonds is 3. The number of amides is 1. The highest BCUT2D eigenvalue weighted by atomic mass is 16.4. The Labute approximate surface area is 125 Å². The van der Waals surface area contributed by atoms with Crippen molar-refractivity contribution >= 4 is 28.3 Å². The Kier molecular flexibility index (Phi) is 2.56. The van der Waals surface area contributed by atoms with E-state index in [9.17, 15) is 9.59 Å². The first kappa shape index (κ1) is 12.6. The molecule has 4 rings (SSSR count). The summed E-state index contributed by atoms with van der Waals surface area (Å²) >= 11 is 0. The van der Waals surface area contributed by atoms with Crippen LogP contribution in [-0.4, -0.2) is 17.0 Å². The summed E-state index contributed by atoms with van der Waals surface area (Å²) in [5.74, 6) is -0.905. The van der Waals surface area contributed by atoms with Crippen LogP contribution in [0.3, 0.4) is 0 Å². The Morgan fingerprint density at radius 3 is 2.59 bits per heavy atom. The molecular weight excluding hydrogens is 282 g/mol. The van der Waals surface area contributed by atoms with Crippen LogP contribution in [0.4, 0.5) is 5.69 Å². The zero-order chi connectivity index (χ0) is 15.3. The normalized spacial score (nSPS) is 13.1. The van der Waals surface area contributed by atoms with Gasteiger partial charge in [0.15, 0.2) is 0 Å². The van der Waals surface area contributed by atoms with Gasteiger partial charge in [-0.1, -0.05) is 24.3 Å². The second kappa shape index (κ2) is 4.46. The lowest BCUT2D eigenvalue weighted by molar-refractivity contribution is 0.0660. The summed E-state index contributed by atoms with van der Waals surface area (Å²) in [6.45, 7) is 0.208. The van der Waals surface area contributed by atoms with Crippen LogP contribution in [0.1, 0.15) is 26.7 Å². The van der Waals surface area contributed by atoms with Crippen LogP contribution in [0.15, 0.2) is 52.9 Å². The van der Waals surface area contributed by atoms with Crippen molar-refractivity contribution in [3.8, 4) is 0 Å². The van der Waals surface area contributed by atoms with Crippen molar-refractivity contribution in [3.63, 3.8) is 0 Å². The smallest absolute Gasteiger partial charge is 0.371 e. The van der Waals surface area contributed by atoms with Crippen molar-refractivity contribution < 1.29 is 19.1 Å². The fraction of sp³-hybridized carbons (Fsp3) is 0.0588. The predicted octanol–water partition coefficient (Wildman–Crippen LogP) is 3.29. The van der Waals surface area contributed by atoms with Gasteiger partial charge in [-0.05, 0) is 29.7 Å². The summed E-state index contributed by atoms with van der Waals surface area (Å²) in [4.78, 5) is 25.1. The van der Waals surface area contributed by atoms with Crippen molar-refractivity contribution in [2.75, 3.05) is 4.90 Å². The van der Waals surface area contributed by atoms with Gasteiger partial charge >= 0.3 is 5.97 Å². The van der Waals surface area contributed by atoms with Crippen molar-refractivity contribution in [2.24, 2.45) is 0 Å². The maximum atomic E-state index is 12.6. The Bertz CT molecular complexity index is 920. The molecule has 2 heterocycles. The average Bonchev–Trinajstić information content (AvgIpc) is 3.09. The van der Waals surface area contributed by atoms with Crippen LogP contribution in [0.25, 0.3) is 10.8 Å². The summed E-state index contributed by atoms with van der Waals surface area (Å²) in [5.41, 5.74) is 1.49. The van der Waals surface area contributed by atoms with E-state index in [1.54, 1.807) is 17.0 Å². The van der Waals surface area contributed by atoms with E-state index in [0.29, 0.717) is 11.3 Å². The number of carbonyl (C=O) groups is 2. The first-order valence-corrected chi connectivity index (χ1v) is 6.81. The van der Waals surface area contributed by atoms with Gasteiger partial charge in [0, 0.05) is 10.9 Å². The molecule has 5 heteroatoms. The molecule has 0 bridgehead atoms. The highest BCUT2D eigenvalue weighted by molar-refractivity contribution is 6.24. The van der Waals surface area contributed by atoms with E-state index < -0.39 is 5.97 Å². The summed E-state index contributed by atoms with van der Waals surface area (Å²) in [5, 5.41) is 10.8. The van der Waals surface area contributed by atoms with Crippen molar-refractivity contribution in [1.82, 2.24) is 0 Å². The summed E-state index contributed by atoms with van der Waals surface area (Å²) in [7, 11) is 0. The average molecular weight is 293 g/mol. The molecule has 0 saturated carbocycles. The highest BCUT2D eigenvalue weighted by Crippen LogP contribution is 2.38. The van der Waals surface area contributed by atoms with Crippen molar-refractivity contribution in [3.05, 3.63) is 65.6 Å². The van der Waals surface area contributed by atoms with Gasteiger partial charge in [-0.2, -0.15) is 0 Å². The van der Waals surface area contributed by atoms with Crippen molar-refractivity contribution in [2.45, 2.75) is 6.54 Å². The molecule has 0 saturated heterocycles. The van der Waals surface area contributed by atoms with E-state index in [2.05, 4.69) is 0 Å². The molecule has 0 unspecified atom stereocenters. The molecule has 1 aromatic heterocycles. The van der Waals surface area contributed by atoms with Crippen LogP contribution < -0.4 is 4.90 Å². The predicted molar refractivity (Wildman–Crippen MR) is 80.1 cm³/mol. The molecule has 5 nitrogen and oxygen atoms in total. The second-order valence-corrected chi connectivity index (χ2v) is 5.14. The molecule has 1 amide bonds. The maximum Gasteiger partial charge on any atom is 0.371 e. The standard InChI is InChI=1S/C17H11NO4/c19-16-12-5-1-3-10-4-2-6-13(15(10)12)18(16)9-11-7-8-14(22-11)17(20)21/h1-8H,9H2,(H,20,21). The Morgan fingerprint density at radius 1 is 1.09 bits per heavy atom. The number of benzene rings is 2. The fourth-order valence-electron chi connectivity index (χ4n) is 2.87. The Hall–Kier alpha value is -3.08. The lowest BCUT2D eigenvalue weighted by atomic mass is 10.1. The quantitative estimate of drug-likeness (QED) is 0.804. The Morgan fingerprint density at radius 2 is 1.86 bits per heavy atom. The lowest BCUT2D eigenvalue weighted by Gasteiger charge is -2.16. The molecule has 1 aliphatic rings. The van der Waals surface area contributed by atoms with Gasteiger partial charge in [-0.25, -0.2) is 4.79 Å². The number of hydrogen-bond acceptors (Lipinski definition) is 3. The van der Waals surface area contributed by atoms with Crippen LogP contribution in [0.2, 0.25) is 0 Å². The van der Waals surface area contributed by atoms with Gasteiger partial charge in [0.2, 0.25) is 5.76 Å². The number of carboxylic acid groups (broad SMARTS) is 1. The summed E-state index contributed by atoms with van der Waals surface area (Å²) < 4.78 is 5.26. The topological polar surface area (TPSA) is 70.8 Å². The lowest BCUT2D eigenvalue weighted by Crippen LogP contribution is -2.25. The van der Waals surface area contributed by atoms with Crippen LogP contribution >= 0.6 is 0 Å². The maximum absolute atomic E-state index is 12.6. The second-order valence-electron chi connectivity index (χ2n) is 5.14. The van der Waals surface area contributed by atoms with Crippen molar-refractivity contribution in [1.29, 1.82) is 0 Å². The number of anilines is 1. The molecule has 3 aromatic rings. The van der Waals surface area contributed by atoms with E-state index in [4.69, 9.17) is 9.52 Å². The number of nitrogens with zero attached hydrogens (tertiary/aromatic N) is 1. The van der Waals surface area contributed by atoms with Crippen LogP contribution in [0, 0.1) is 0 Å². The molecule has 108 valence electrons. The highest BCUT2D eigenvalue weighted by Gasteiger charge is 2.30. The van der Waals surface area contributed by atoms with Gasteiger partial charge < -0.3 is 14.4 Å². The van der Waals surface area contributed by atoms with Gasteiger partial charge in [-0.3, -0.25) is 4.79 Å². The molecule has 0 fully saturated rings. The van der Waals surface area contributed by atoms with E-state index in [1.807, 2.05) is 30.3 Å². The minimum Gasteiger partial charge on any atom is -0.475 e. The number of furan rings is 1. The molecule has 0 atom stereocenters.